The summed E-state index contributed by atoms with van der Waals surface area (Å²) in [6.07, 6.45) is 3.96. The molecule has 82 valence electrons. The van der Waals surface area contributed by atoms with Crippen molar-refractivity contribution in [1.82, 2.24) is 9.38 Å². The molecule has 16 heavy (non-hydrogen) atoms. The highest BCUT2D eigenvalue weighted by Gasteiger charge is 2.14. The van der Waals surface area contributed by atoms with Crippen LogP contribution < -0.4 is 0 Å². The van der Waals surface area contributed by atoms with Gasteiger partial charge in [0.15, 0.2) is 11.9 Å². The van der Waals surface area contributed by atoms with Gasteiger partial charge in [-0.1, -0.05) is 0 Å². The molecule has 0 unspecified atom stereocenters. The third-order valence-electron chi connectivity index (χ3n) is 2.35. The predicted octanol–water partition coefficient (Wildman–Crippen LogP) is 1.24. The third-order valence-corrected chi connectivity index (χ3v) is 2.35. The van der Waals surface area contributed by atoms with Crippen LogP contribution in [0.4, 0.5) is 0 Å². The lowest BCUT2D eigenvalue weighted by Crippen LogP contribution is -2.06. The second kappa shape index (κ2) is 3.77. The third kappa shape index (κ3) is 1.46. The average molecular weight is 218 g/mol. The summed E-state index contributed by atoms with van der Waals surface area (Å²) in [5, 5.41) is 0. The van der Waals surface area contributed by atoms with Crippen molar-refractivity contribution in [2.45, 2.75) is 6.92 Å². The van der Waals surface area contributed by atoms with Crippen molar-refractivity contribution in [1.29, 1.82) is 0 Å². The summed E-state index contributed by atoms with van der Waals surface area (Å²) in [7, 11) is 1.29. The SMILES string of the molecule is COC(=O)c1cc(C=O)cn2c(C)cnc12. The number of aryl methyl sites for hydroxylation is 1. The first kappa shape index (κ1) is 10.4. The molecule has 5 nitrogen and oxygen atoms in total. The lowest BCUT2D eigenvalue weighted by atomic mass is 10.2. The quantitative estimate of drug-likeness (QED) is 0.562. The van der Waals surface area contributed by atoms with Crippen LogP contribution in [-0.4, -0.2) is 28.7 Å². The van der Waals surface area contributed by atoms with E-state index in [1.54, 1.807) is 16.8 Å². The van der Waals surface area contributed by atoms with Gasteiger partial charge in [0.25, 0.3) is 0 Å². The molecule has 0 saturated carbocycles. The summed E-state index contributed by atoms with van der Waals surface area (Å²) in [6.45, 7) is 1.84. The number of pyridine rings is 1. The summed E-state index contributed by atoms with van der Waals surface area (Å²) in [6, 6.07) is 1.47. The summed E-state index contributed by atoms with van der Waals surface area (Å²) >= 11 is 0. The molecule has 2 aromatic rings. The van der Waals surface area contributed by atoms with E-state index >= 15 is 0 Å². The number of carbonyl (C=O) groups excluding carboxylic acids is 2. The van der Waals surface area contributed by atoms with Crippen molar-refractivity contribution in [2.75, 3.05) is 7.11 Å². The first-order valence-corrected chi connectivity index (χ1v) is 4.68. The van der Waals surface area contributed by atoms with Crippen molar-refractivity contribution in [3.8, 4) is 0 Å². The van der Waals surface area contributed by atoms with Crippen molar-refractivity contribution >= 4 is 17.9 Å². The van der Waals surface area contributed by atoms with E-state index < -0.39 is 5.97 Å². The number of aldehydes is 1. The van der Waals surface area contributed by atoms with E-state index in [2.05, 4.69) is 9.72 Å². The molecule has 2 aromatic heterocycles. The number of methoxy groups -OCH3 is 1. The van der Waals surface area contributed by atoms with E-state index in [4.69, 9.17) is 0 Å². The fourth-order valence-corrected chi connectivity index (χ4v) is 1.55. The topological polar surface area (TPSA) is 60.7 Å². The fourth-order valence-electron chi connectivity index (χ4n) is 1.55. The van der Waals surface area contributed by atoms with Crippen LogP contribution in [0.15, 0.2) is 18.5 Å². The number of nitrogens with zero attached hydrogens (tertiary/aromatic N) is 2. The Hall–Kier alpha value is -2.17. The van der Waals surface area contributed by atoms with Crippen LogP contribution in [0.2, 0.25) is 0 Å². The largest absolute Gasteiger partial charge is 0.465 e. The van der Waals surface area contributed by atoms with Crippen LogP contribution in [0.25, 0.3) is 5.65 Å². The number of esters is 1. The molecule has 0 fully saturated rings. The van der Waals surface area contributed by atoms with Gasteiger partial charge in [0.05, 0.1) is 7.11 Å². The highest BCUT2D eigenvalue weighted by atomic mass is 16.5. The Bertz CT molecular complexity index is 572. The zero-order valence-electron chi connectivity index (χ0n) is 8.93. The van der Waals surface area contributed by atoms with Crippen molar-refractivity contribution in [3.05, 3.63) is 35.3 Å². The molecule has 0 spiro atoms. The lowest BCUT2D eigenvalue weighted by molar-refractivity contribution is 0.0602. The Morgan fingerprint density at radius 1 is 1.56 bits per heavy atom. The lowest BCUT2D eigenvalue weighted by Gasteiger charge is -2.04. The predicted molar refractivity (Wildman–Crippen MR) is 56.7 cm³/mol. The molecule has 0 radical (unpaired) electrons. The molecule has 2 heterocycles. The number of aromatic nitrogens is 2. The highest BCUT2D eigenvalue weighted by Crippen LogP contribution is 2.14. The standard InChI is InChI=1S/C11H10N2O3/c1-7-4-12-10-9(11(15)16-2)3-8(6-14)5-13(7)10/h3-6H,1-2H3. The number of fused-ring (bicyclic) bond motifs is 1. The first-order chi connectivity index (χ1) is 7.67. The van der Waals surface area contributed by atoms with Gasteiger partial charge in [0.1, 0.15) is 5.56 Å². The molecule has 0 amide bonds. The summed E-state index contributed by atoms with van der Waals surface area (Å²) in [5.41, 5.74) is 2.05. The molecule has 0 saturated heterocycles. The van der Waals surface area contributed by atoms with Crippen LogP contribution in [0, 0.1) is 6.92 Å². The van der Waals surface area contributed by atoms with E-state index in [9.17, 15) is 9.59 Å². The van der Waals surface area contributed by atoms with E-state index in [-0.39, 0.29) is 0 Å². The Morgan fingerprint density at radius 2 is 2.31 bits per heavy atom. The molecule has 0 aliphatic heterocycles. The van der Waals surface area contributed by atoms with Crippen molar-refractivity contribution < 1.29 is 14.3 Å². The van der Waals surface area contributed by atoms with Gasteiger partial charge in [0, 0.05) is 23.7 Å². The Labute approximate surface area is 91.7 Å². The maximum atomic E-state index is 11.5. The maximum absolute atomic E-state index is 11.5. The molecule has 0 atom stereocenters. The molecular formula is C11H10N2O3. The number of imidazole rings is 1. The van der Waals surface area contributed by atoms with Gasteiger partial charge in [0.2, 0.25) is 0 Å². The average Bonchev–Trinajstić information content (AvgIpc) is 2.69. The molecular weight excluding hydrogens is 208 g/mol. The number of ether oxygens (including phenoxy) is 1. The number of hydrogen-bond acceptors (Lipinski definition) is 4. The minimum absolute atomic E-state index is 0.292. The molecule has 5 heteroatoms. The van der Waals surface area contributed by atoms with Crippen molar-refractivity contribution in [3.63, 3.8) is 0 Å². The second-order valence-electron chi connectivity index (χ2n) is 3.39. The molecule has 0 N–H and O–H groups in total. The minimum atomic E-state index is -0.501. The fraction of sp³-hybridized carbons (Fsp3) is 0.182. The zero-order valence-corrected chi connectivity index (χ0v) is 8.93. The normalized spacial score (nSPS) is 10.4. The van der Waals surface area contributed by atoms with Crippen LogP contribution in [0.5, 0.6) is 0 Å². The van der Waals surface area contributed by atoms with Gasteiger partial charge < -0.3 is 9.14 Å². The van der Waals surface area contributed by atoms with Gasteiger partial charge in [-0.25, -0.2) is 9.78 Å². The van der Waals surface area contributed by atoms with Crippen LogP contribution in [-0.2, 0) is 4.74 Å². The van der Waals surface area contributed by atoms with Crippen LogP contribution >= 0.6 is 0 Å². The summed E-state index contributed by atoms with van der Waals surface area (Å²) in [5.74, 6) is -0.501. The molecule has 2 rings (SSSR count). The maximum Gasteiger partial charge on any atom is 0.341 e. The highest BCUT2D eigenvalue weighted by molar-refractivity contribution is 5.97. The zero-order chi connectivity index (χ0) is 11.7. The molecule has 0 bridgehead atoms. The Balaban J connectivity index is 2.79. The Morgan fingerprint density at radius 3 is 2.94 bits per heavy atom. The second-order valence-corrected chi connectivity index (χ2v) is 3.39. The van der Waals surface area contributed by atoms with Gasteiger partial charge in [-0.3, -0.25) is 4.79 Å². The van der Waals surface area contributed by atoms with Gasteiger partial charge in [-0.2, -0.15) is 0 Å². The van der Waals surface area contributed by atoms with E-state index in [0.29, 0.717) is 23.1 Å². The summed E-state index contributed by atoms with van der Waals surface area (Å²) in [4.78, 5) is 26.4. The van der Waals surface area contributed by atoms with Gasteiger partial charge in [-0.15, -0.1) is 0 Å². The van der Waals surface area contributed by atoms with Crippen LogP contribution in [0.3, 0.4) is 0 Å². The molecule has 0 aromatic carbocycles. The summed E-state index contributed by atoms with van der Waals surface area (Å²) < 4.78 is 6.34. The Kier molecular flexibility index (Phi) is 2.44. The van der Waals surface area contributed by atoms with E-state index in [1.807, 2.05) is 6.92 Å². The number of hydrogen-bond donors (Lipinski definition) is 0. The smallest absolute Gasteiger partial charge is 0.341 e. The van der Waals surface area contributed by atoms with Gasteiger partial charge in [-0.05, 0) is 13.0 Å². The van der Waals surface area contributed by atoms with Gasteiger partial charge >= 0.3 is 5.97 Å². The minimum Gasteiger partial charge on any atom is -0.465 e. The monoisotopic (exact) mass is 218 g/mol. The van der Waals surface area contributed by atoms with Crippen LogP contribution in [0.1, 0.15) is 26.4 Å². The molecule has 0 aliphatic carbocycles. The number of rotatable bonds is 2. The first-order valence-electron chi connectivity index (χ1n) is 4.68. The molecule has 0 aliphatic rings. The van der Waals surface area contributed by atoms with E-state index in [1.165, 1.54) is 13.2 Å². The number of carbonyl (C=O) groups is 2. The van der Waals surface area contributed by atoms with Crippen molar-refractivity contribution in [2.24, 2.45) is 0 Å². The van der Waals surface area contributed by atoms with E-state index in [0.717, 1.165) is 5.69 Å².